The molecular formula is C18H18Cl2N2O3S. The first-order valence-electron chi connectivity index (χ1n) is 8.15. The fraction of sp³-hybridized carbons (Fsp3) is 0.278. The van der Waals surface area contributed by atoms with Crippen LogP contribution in [0.1, 0.15) is 31.4 Å². The highest BCUT2D eigenvalue weighted by Gasteiger charge is 2.29. The number of hydrogen-bond donors (Lipinski definition) is 2. The summed E-state index contributed by atoms with van der Waals surface area (Å²) in [6.07, 6.45) is 1.88. The van der Waals surface area contributed by atoms with Crippen molar-refractivity contribution in [1.29, 1.82) is 0 Å². The molecule has 1 aliphatic rings. The van der Waals surface area contributed by atoms with E-state index >= 15 is 0 Å². The van der Waals surface area contributed by atoms with E-state index in [0.29, 0.717) is 5.69 Å². The first kappa shape index (κ1) is 19.2. The fourth-order valence-electron chi connectivity index (χ4n) is 2.50. The highest BCUT2D eigenvalue weighted by Crippen LogP contribution is 2.31. The van der Waals surface area contributed by atoms with Gasteiger partial charge in [-0.25, -0.2) is 13.1 Å². The number of carbonyl (C=O) groups is 1. The van der Waals surface area contributed by atoms with Gasteiger partial charge < -0.3 is 5.32 Å². The number of carbonyl (C=O) groups excluding carboxylic acids is 1. The predicted molar refractivity (Wildman–Crippen MR) is 103 cm³/mol. The van der Waals surface area contributed by atoms with Gasteiger partial charge in [-0.3, -0.25) is 4.79 Å². The first-order chi connectivity index (χ1) is 12.3. The molecule has 26 heavy (non-hydrogen) atoms. The quantitative estimate of drug-likeness (QED) is 0.738. The Morgan fingerprint density at radius 1 is 1.12 bits per heavy atom. The van der Waals surface area contributed by atoms with Crippen LogP contribution in [0.4, 0.5) is 5.69 Å². The monoisotopic (exact) mass is 412 g/mol. The Kier molecular flexibility index (Phi) is 5.58. The summed E-state index contributed by atoms with van der Waals surface area (Å²) in [4.78, 5) is 11.7. The lowest BCUT2D eigenvalue weighted by Gasteiger charge is -2.16. The van der Waals surface area contributed by atoms with Gasteiger partial charge in [0.1, 0.15) is 4.90 Å². The fourth-order valence-corrected chi connectivity index (χ4v) is 4.49. The second kappa shape index (κ2) is 7.56. The first-order valence-corrected chi connectivity index (χ1v) is 10.4. The van der Waals surface area contributed by atoms with Crippen LogP contribution in [0.5, 0.6) is 0 Å². The van der Waals surface area contributed by atoms with E-state index in [0.717, 1.165) is 18.4 Å². The number of benzene rings is 2. The van der Waals surface area contributed by atoms with Crippen LogP contribution in [0.3, 0.4) is 0 Å². The van der Waals surface area contributed by atoms with Gasteiger partial charge in [-0.05, 0) is 49.6 Å². The maximum absolute atomic E-state index is 12.6. The molecule has 0 bridgehead atoms. The number of sulfonamides is 1. The number of amides is 1. The van der Waals surface area contributed by atoms with Crippen LogP contribution in [0.2, 0.25) is 10.0 Å². The second-order valence-corrected chi connectivity index (χ2v) is 8.75. The van der Waals surface area contributed by atoms with E-state index in [4.69, 9.17) is 23.2 Å². The molecule has 8 heteroatoms. The molecule has 0 radical (unpaired) electrons. The zero-order valence-electron chi connectivity index (χ0n) is 14.0. The summed E-state index contributed by atoms with van der Waals surface area (Å²) in [7, 11) is -3.83. The topological polar surface area (TPSA) is 75.3 Å². The summed E-state index contributed by atoms with van der Waals surface area (Å²) < 4.78 is 27.7. The minimum absolute atomic E-state index is 0.00740. The van der Waals surface area contributed by atoms with Crippen molar-refractivity contribution >= 4 is 44.8 Å². The van der Waals surface area contributed by atoms with Crippen molar-refractivity contribution in [2.24, 2.45) is 5.92 Å². The summed E-state index contributed by atoms with van der Waals surface area (Å²) in [5.74, 6) is 0.157. The van der Waals surface area contributed by atoms with Crippen molar-refractivity contribution in [1.82, 2.24) is 4.72 Å². The van der Waals surface area contributed by atoms with Gasteiger partial charge in [0.15, 0.2) is 0 Å². The van der Waals surface area contributed by atoms with Crippen LogP contribution in [0.15, 0.2) is 47.4 Å². The maximum atomic E-state index is 12.6. The molecule has 0 spiro atoms. The normalized spacial score (nSPS) is 15.5. The summed E-state index contributed by atoms with van der Waals surface area (Å²) in [5.41, 5.74) is 1.45. The number of nitrogens with one attached hydrogen (secondary N) is 2. The van der Waals surface area contributed by atoms with E-state index in [1.54, 1.807) is 31.2 Å². The maximum Gasteiger partial charge on any atom is 0.242 e. The van der Waals surface area contributed by atoms with E-state index in [2.05, 4.69) is 10.0 Å². The number of halogens is 2. The predicted octanol–water partition coefficient (Wildman–Crippen LogP) is 4.38. The van der Waals surface area contributed by atoms with Crippen LogP contribution in [0, 0.1) is 5.92 Å². The Bertz CT molecular complexity index is 926. The molecule has 1 aliphatic carbocycles. The van der Waals surface area contributed by atoms with Crippen molar-refractivity contribution in [2.45, 2.75) is 30.7 Å². The molecule has 1 unspecified atom stereocenters. The van der Waals surface area contributed by atoms with Gasteiger partial charge >= 0.3 is 0 Å². The highest BCUT2D eigenvalue weighted by atomic mass is 35.5. The molecule has 1 amide bonds. The van der Waals surface area contributed by atoms with Crippen LogP contribution >= 0.6 is 23.2 Å². The SMILES string of the molecule is CC(NS(=O)(=O)c1cccc(Cl)c1Cl)c1ccc(NC(=O)C2CC2)cc1. The van der Waals surface area contributed by atoms with Crippen LogP contribution < -0.4 is 10.0 Å². The lowest BCUT2D eigenvalue weighted by Crippen LogP contribution is -2.27. The number of hydrogen-bond acceptors (Lipinski definition) is 3. The van der Waals surface area contributed by atoms with Gasteiger partial charge in [-0.1, -0.05) is 41.4 Å². The molecule has 138 valence electrons. The van der Waals surface area contributed by atoms with Crippen molar-refractivity contribution in [3.63, 3.8) is 0 Å². The van der Waals surface area contributed by atoms with Gasteiger partial charge in [0.25, 0.3) is 0 Å². The Labute approximate surface area is 162 Å². The van der Waals surface area contributed by atoms with Crippen molar-refractivity contribution in [3.8, 4) is 0 Å². The molecule has 1 saturated carbocycles. The summed E-state index contributed by atoms with van der Waals surface area (Å²) in [6.45, 7) is 1.73. The highest BCUT2D eigenvalue weighted by molar-refractivity contribution is 7.89. The van der Waals surface area contributed by atoms with Gasteiger partial charge in [0.05, 0.1) is 10.0 Å². The van der Waals surface area contributed by atoms with Gasteiger partial charge in [-0.15, -0.1) is 0 Å². The standard InChI is InChI=1S/C18H18Cl2N2O3S/c1-11(22-26(24,25)16-4-2-3-15(19)17(16)20)12-7-9-14(10-8-12)21-18(23)13-5-6-13/h2-4,7-11,13,22H,5-6H2,1H3,(H,21,23). The van der Waals surface area contributed by atoms with E-state index in [1.165, 1.54) is 18.2 Å². The number of rotatable bonds is 6. The second-order valence-electron chi connectivity index (χ2n) is 6.28. The minimum Gasteiger partial charge on any atom is -0.326 e. The van der Waals surface area contributed by atoms with E-state index in [9.17, 15) is 13.2 Å². The zero-order chi connectivity index (χ0) is 18.9. The van der Waals surface area contributed by atoms with E-state index in [-0.39, 0.29) is 26.8 Å². The molecule has 0 aliphatic heterocycles. The summed E-state index contributed by atoms with van der Waals surface area (Å²) in [6, 6.07) is 11.0. The molecule has 0 aromatic heterocycles. The van der Waals surface area contributed by atoms with Crippen LogP contribution in [-0.4, -0.2) is 14.3 Å². The molecule has 2 N–H and O–H groups in total. The van der Waals surface area contributed by atoms with E-state index in [1.807, 2.05) is 0 Å². The van der Waals surface area contributed by atoms with Crippen LogP contribution in [0.25, 0.3) is 0 Å². The third-order valence-electron chi connectivity index (χ3n) is 4.16. The molecule has 0 saturated heterocycles. The molecule has 1 fully saturated rings. The summed E-state index contributed by atoms with van der Waals surface area (Å²) >= 11 is 11.9. The van der Waals surface area contributed by atoms with E-state index < -0.39 is 16.1 Å². The third kappa shape index (κ3) is 4.38. The number of anilines is 1. The molecule has 2 aromatic rings. The van der Waals surface area contributed by atoms with Gasteiger partial charge in [0, 0.05) is 17.6 Å². The third-order valence-corrected chi connectivity index (χ3v) is 6.68. The average molecular weight is 413 g/mol. The minimum atomic E-state index is -3.83. The molecule has 0 heterocycles. The Morgan fingerprint density at radius 2 is 1.77 bits per heavy atom. The summed E-state index contributed by atoms with van der Waals surface area (Å²) in [5, 5.41) is 3.02. The van der Waals surface area contributed by atoms with Crippen molar-refractivity contribution < 1.29 is 13.2 Å². The van der Waals surface area contributed by atoms with Crippen molar-refractivity contribution in [2.75, 3.05) is 5.32 Å². The molecule has 3 rings (SSSR count). The molecule has 1 atom stereocenters. The largest absolute Gasteiger partial charge is 0.326 e. The van der Waals surface area contributed by atoms with Gasteiger partial charge in [0.2, 0.25) is 15.9 Å². The Hall–Kier alpha value is -1.60. The van der Waals surface area contributed by atoms with Crippen LogP contribution in [-0.2, 0) is 14.8 Å². The van der Waals surface area contributed by atoms with Gasteiger partial charge in [-0.2, -0.15) is 0 Å². The average Bonchev–Trinajstić information content (AvgIpc) is 3.42. The molecule has 5 nitrogen and oxygen atoms in total. The molecular weight excluding hydrogens is 395 g/mol. The molecule has 2 aromatic carbocycles. The lowest BCUT2D eigenvalue weighted by atomic mass is 10.1. The Balaban J connectivity index is 1.71. The Morgan fingerprint density at radius 3 is 2.38 bits per heavy atom. The smallest absolute Gasteiger partial charge is 0.242 e. The zero-order valence-corrected chi connectivity index (χ0v) is 16.3. The lowest BCUT2D eigenvalue weighted by molar-refractivity contribution is -0.117. The van der Waals surface area contributed by atoms with Crippen molar-refractivity contribution in [3.05, 3.63) is 58.1 Å².